The van der Waals surface area contributed by atoms with E-state index >= 15 is 0 Å². The highest BCUT2D eigenvalue weighted by Crippen LogP contribution is 2.19. The summed E-state index contributed by atoms with van der Waals surface area (Å²) in [4.78, 5) is 35.8. The third kappa shape index (κ3) is 4.12. The summed E-state index contributed by atoms with van der Waals surface area (Å²) in [6, 6.07) is 20.2. The first-order valence-electron chi connectivity index (χ1n) is 10.7. The van der Waals surface area contributed by atoms with E-state index in [0.29, 0.717) is 28.0 Å². The van der Waals surface area contributed by atoms with E-state index in [4.69, 9.17) is 0 Å². The third-order valence-corrected chi connectivity index (χ3v) is 6.44. The zero-order chi connectivity index (χ0) is 24.7. The first-order chi connectivity index (χ1) is 16.8. The van der Waals surface area contributed by atoms with Crippen molar-refractivity contribution in [3.05, 3.63) is 114 Å². The van der Waals surface area contributed by atoms with Gasteiger partial charge in [0.2, 0.25) is 0 Å². The van der Waals surface area contributed by atoms with Gasteiger partial charge in [0.25, 0.3) is 11.1 Å². The third-order valence-electron chi connectivity index (χ3n) is 5.77. The lowest BCUT2D eigenvalue weighted by atomic mass is 10.2. The molecule has 0 aliphatic heterocycles. The van der Waals surface area contributed by atoms with Crippen LogP contribution in [0.2, 0.25) is 0 Å². The fraction of sp³-hybridized carbons (Fsp3) is 0.0769. The van der Waals surface area contributed by atoms with Crippen molar-refractivity contribution in [1.82, 2.24) is 18.9 Å². The number of para-hydroxylation sites is 1. The lowest BCUT2D eigenvalue weighted by molar-refractivity contribution is 0.627. The van der Waals surface area contributed by atoms with Gasteiger partial charge in [-0.25, -0.2) is 19.0 Å². The van der Waals surface area contributed by atoms with Gasteiger partial charge in [-0.2, -0.15) is 0 Å². The molecule has 0 amide bonds. The van der Waals surface area contributed by atoms with Gasteiger partial charge < -0.3 is 0 Å². The minimum atomic E-state index is -0.415. The molecule has 0 saturated carbocycles. The number of rotatable bonds is 4. The Labute approximate surface area is 212 Å². The quantitative estimate of drug-likeness (QED) is 0.230. The molecule has 0 unspecified atom stereocenters. The summed E-state index contributed by atoms with van der Waals surface area (Å²) in [7, 11) is 1.78. The molecule has 3 aromatic carbocycles. The highest BCUT2D eigenvalue weighted by atomic mass is 127. The van der Waals surface area contributed by atoms with Crippen molar-refractivity contribution in [2.24, 2.45) is 12.0 Å². The van der Waals surface area contributed by atoms with E-state index in [2.05, 4.69) is 32.6 Å². The molecule has 0 spiro atoms. The summed E-state index contributed by atoms with van der Waals surface area (Å²) < 4.78 is 19.1. The van der Waals surface area contributed by atoms with Gasteiger partial charge in [-0.3, -0.25) is 18.8 Å². The maximum atomic E-state index is 13.6. The van der Waals surface area contributed by atoms with Crippen LogP contribution in [0.15, 0.2) is 87.4 Å². The summed E-state index contributed by atoms with van der Waals surface area (Å²) in [5.41, 5.74) is 1.94. The van der Waals surface area contributed by atoms with Crippen LogP contribution in [0.25, 0.3) is 22.3 Å². The lowest BCUT2D eigenvalue weighted by Crippen LogP contribution is -2.24. The molecule has 0 aliphatic carbocycles. The number of benzene rings is 3. The molecule has 2 heterocycles. The zero-order valence-corrected chi connectivity index (χ0v) is 21.0. The van der Waals surface area contributed by atoms with E-state index in [1.54, 1.807) is 30.8 Å². The molecule has 0 N–H and O–H groups in total. The molecule has 9 heteroatoms. The summed E-state index contributed by atoms with van der Waals surface area (Å²) in [5, 5.41) is 0.431. The smallest absolute Gasteiger partial charge is 0.283 e. The van der Waals surface area contributed by atoms with Crippen LogP contribution in [0.5, 0.6) is 0 Å². The fourth-order valence-corrected chi connectivity index (χ4v) is 4.42. The van der Waals surface area contributed by atoms with Gasteiger partial charge in [0.15, 0.2) is 11.5 Å². The average Bonchev–Trinajstić information content (AvgIpc) is 3.07. The highest BCUT2D eigenvalue weighted by Gasteiger charge is 2.17. The van der Waals surface area contributed by atoms with Gasteiger partial charge in [0.1, 0.15) is 5.82 Å². The Balaban J connectivity index is 1.71. The van der Waals surface area contributed by atoms with E-state index in [-0.39, 0.29) is 22.6 Å². The van der Waals surface area contributed by atoms with E-state index in [1.807, 2.05) is 36.4 Å². The SMILES string of the molecule is Cc1c(N=Cc2nc3ccc(I)cc3c(=O)n2-c2ccc(F)cc2)c(=O)n(-c2ccccc2)n1C. The number of hydrogen-bond donors (Lipinski definition) is 0. The second-order valence-electron chi connectivity index (χ2n) is 7.92. The monoisotopic (exact) mass is 579 g/mol. The molecule has 35 heavy (non-hydrogen) atoms. The maximum absolute atomic E-state index is 13.6. The van der Waals surface area contributed by atoms with Gasteiger partial charge in [0, 0.05) is 10.6 Å². The van der Waals surface area contributed by atoms with Crippen molar-refractivity contribution in [3.8, 4) is 11.4 Å². The molecule has 0 aliphatic rings. The van der Waals surface area contributed by atoms with Crippen LogP contribution in [-0.4, -0.2) is 25.1 Å². The van der Waals surface area contributed by atoms with Gasteiger partial charge in [-0.1, -0.05) is 18.2 Å². The predicted octanol–water partition coefficient (Wildman–Crippen LogP) is 4.68. The Morgan fingerprint density at radius 2 is 1.66 bits per heavy atom. The molecule has 174 valence electrons. The van der Waals surface area contributed by atoms with Crippen molar-refractivity contribution >= 4 is 45.4 Å². The summed E-state index contributed by atoms with van der Waals surface area (Å²) >= 11 is 2.13. The van der Waals surface area contributed by atoms with E-state index in [9.17, 15) is 14.0 Å². The number of nitrogens with zero attached hydrogens (tertiary/aromatic N) is 5. The van der Waals surface area contributed by atoms with Crippen LogP contribution < -0.4 is 11.1 Å². The number of fused-ring (bicyclic) bond motifs is 1. The number of aliphatic imine (C=N–C) groups is 1. The van der Waals surface area contributed by atoms with Crippen molar-refractivity contribution in [3.63, 3.8) is 0 Å². The Morgan fingerprint density at radius 1 is 0.943 bits per heavy atom. The van der Waals surface area contributed by atoms with Gasteiger partial charge in [0.05, 0.1) is 34.2 Å². The van der Waals surface area contributed by atoms with Crippen molar-refractivity contribution in [2.75, 3.05) is 0 Å². The van der Waals surface area contributed by atoms with E-state index in [1.165, 1.54) is 39.7 Å². The van der Waals surface area contributed by atoms with Crippen LogP contribution >= 0.6 is 22.6 Å². The average molecular weight is 579 g/mol. The second-order valence-corrected chi connectivity index (χ2v) is 9.16. The Kier molecular flexibility index (Phi) is 5.93. The minimum Gasteiger partial charge on any atom is -0.283 e. The number of aromatic nitrogens is 4. The van der Waals surface area contributed by atoms with Crippen LogP contribution in [0.4, 0.5) is 10.1 Å². The largest absolute Gasteiger partial charge is 0.297 e. The molecule has 2 aromatic heterocycles. The zero-order valence-electron chi connectivity index (χ0n) is 18.8. The molecule has 0 fully saturated rings. The van der Waals surface area contributed by atoms with Crippen molar-refractivity contribution in [2.45, 2.75) is 6.92 Å². The molecular formula is C26H19FIN5O2. The normalized spacial score (nSPS) is 11.5. The molecule has 0 saturated heterocycles. The standard InChI is InChI=1S/C26H19FIN5O2/c1-16-24(26(35)33(31(16)2)20-6-4-3-5-7-20)29-15-23-30-22-13-10-18(28)14-21(22)25(34)32(23)19-11-8-17(27)9-12-19/h3-15H,1-2H3. The summed E-state index contributed by atoms with van der Waals surface area (Å²) in [6.45, 7) is 1.80. The first-order valence-corrected chi connectivity index (χ1v) is 11.8. The van der Waals surface area contributed by atoms with Crippen LogP contribution in [0.1, 0.15) is 11.5 Å². The fourth-order valence-electron chi connectivity index (χ4n) is 3.93. The van der Waals surface area contributed by atoms with Gasteiger partial charge in [-0.15, -0.1) is 0 Å². The Morgan fingerprint density at radius 3 is 2.37 bits per heavy atom. The molecule has 7 nitrogen and oxygen atoms in total. The van der Waals surface area contributed by atoms with E-state index < -0.39 is 5.82 Å². The number of hydrogen-bond acceptors (Lipinski definition) is 4. The van der Waals surface area contributed by atoms with Crippen molar-refractivity contribution in [1.29, 1.82) is 0 Å². The second kappa shape index (κ2) is 9.06. The highest BCUT2D eigenvalue weighted by molar-refractivity contribution is 14.1. The molecule has 0 bridgehead atoms. The summed E-state index contributed by atoms with van der Waals surface area (Å²) in [5.74, 6) is -0.189. The molecule has 0 atom stereocenters. The van der Waals surface area contributed by atoms with Gasteiger partial charge in [-0.05, 0) is 84.1 Å². The topological polar surface area (TPSA) is 74.2 Å². The van der Waals surface area contributed by atoms with Crippen LogP contribution in [-0.2, 0) is 7.05 Å². The Hall–Kier alpha value is -3.86. The molecule has 5 aromatic rings. The summed E-state index contributed by atoms with van der Waals surface area (Å²) in [6.07, 6.45) is 1.40. The van der Waals surface area contributed by atoms with Crippen LogP contribution in [0, 0.1) is 16.3 Å². The first kappa shape index (κ1) is 22.9. The molecule has 0 radical (unpaired) electrons. The Bertz CT molecular complexity index is 1720. The van der Waals surface area contributed by atoms with E-state index in [0.717, 1.165) is 3.57 Å². The molecular weight excluding hydrogens is 560 g/mol. The van der Waals surface area contributed by atoms with Gasteiger partial charge >= 0.3 is 0 Å². The molecule has 5 rings (SSSR count). The minimum absolute atomic E-state index is 0.226. The van der Waals surface area contributed by atoms with Crippen LogP contribution in [0.3, 0.4) is 0 Å². The maximum Gasteiger partial charge on any atom is 0.297 e. The lowest BCUT2D eigenvalue weighted by Gasteiger charge is -2.11. The van der Waals surface area contributed by atoms with Crippen molar-refractivity contribution < 1.29 is 4.39 Å². The number of halogens is 2. The predicted molar refractivity (Wildman–Crippen MR) is 143 cm³/mol.